The molecule has 1 amide bonds. The van der Waals surface area contributed by atoms with E-state index in [4.69, 9.17) is 21.1 Å². The fraction of sp³-hybridized carbons (Fsp3) is 0.235. The van der Waals surface area contributed by atoms with Crippen LogP contribution >= 0.6 is 11.6 Å². The fourth-order valence-electron chi connectivity index (χ4n) is 2.27. The third-order valence-electron chi connectivity index (χ3n) is 3.25. The minimum Gasteiger partial charge on any atom is -0.496 e. The predicted octanol–water partition coefficient (Wildman–Crippen LogP) is 3.20. The lowest BCUT2D eigenvalue weighted by Gasteiger charge is -2.22. The summed E-state index contributed by atoms with van der Waals surface area (Å²) < 4.78 is 10.3. The van der Waals surface area contributed by atoms with Gasteiger partial charge in [0.25, 0.3) is 0 Å². The zero-order valence-corrected chi connectivity index (χ0v) is 13.3. The van der Waals surface area contributed by atoms with Crippen LogP contribution in [0.5, 0.6) is 5.75 Å². The van der Waals surface area contributed by atoms with Crippen molar-refractivity contribution in [2.24, 2.45) is 0 Å². The first-order valence-corrected chi connectivity index (χ1v) is 7.20. The molecule has 0 aromatic heterocycles. The molecule has 116 valence electrons. The maximum absolute atomic E-state index is 12.0. The molecule has 0 aliphatic rings. The van der Waals surface area contributed by atoms with Crippen molar-refractivity contribution in [2.75, 3.05) is 20.8 Å². The number of carbonyl (C=O) groups excluding carboxylic acids is 1. The van der Waals surface area contributed by atoms with Gasteiger partial charge in [0.1, 0.15) is 12.4 Å². The van der Waals surface area contributed by atoms with Gasteiger partial charge in [0.2, 0.25) is 5.91 Å². The molecule has 2 aromatic carbocycles. The fourth-order valence-corrected chi connectivity index (χ4v) is 2.52. The van der Waals surface area contributed by atoms with E-state index < -0.39 is 6.04 Å². The average Bonchev–Trinajstić information content (AvgIpc) is 2.54. The van der Waals surface area contributed by atoms with Crippen LogP contribution in [0, 0.1) is 0 Å². The van der Waals surface area contributed by atoms with Crippen LogP contribution in [0.2, 0.25) is 5.02 Å². The van der Waals surface area contributed by atoms with Crippen molar-refractivity contribution in [2.45, 2.75) is 6.04 Å². The summed E-state index contributed by atoms with van der Waals surface area (Å²) in [5.41, 5.74) is 1.64. The lowest BCUT2D eigenvalue weighted by molar-refractivity contribution is -0.125. The summed E-state index contributed by atoms with van der Waals surface area (Å²) in [6.45, 7) is -0.0178. The van der Waals surface area contributed by atoms with Crippen LogP contribution < -0.4 is 10.1 Å². The van der Waals surface area contributed by atoms with Crippen molar-refractivity contribution in [3.63, 3.8) is 0 Å². The van der Waals surface area contributed by atoms with Crippen LogP contribution in [-0.4, -0.2) is 26.7 Å². The van der Waals surface area contributed by atoms with Crippen molar-refractivity contribution in [3.05, 3.63) is 64.7 Å². The molecule has 0 radical (unpaired) electrons. The van der Waals surface area contributed by atoms with Gasteiger partial charge >= 0.3 is 0 Å². The van der Waals surface area contributed by atoms with E-state index in [1.807, 2.05) is 42.5 Å². The average molecular weight is 320 g/mol. The lowest BCUT2D eigenvalue weighted by Crippen LogP contribution is -2.32. The van der Waals surface area contributed by atoms with E-state index in [2.05, 4.69) is 5.32 Å². The van der Waals surface area contributed by atoms with Gasteiger partial charge in [-0.2, -0.15) is 0 Å². The minimum absolute atomic E-state index is 0.0178. The maximum atomic E-state index is 12.0. The Morgan fingerprint density at radius 3 is 2.36 bits per heavy atom. The second kappa shape index (κ2) is 7.82. The summed E-state index contributed by atoms with van der Waals surface area (Å²) >= 11 is 6.30. The van der Waals surface area contributed by atoms with Gasteiger partial charge in [0.15, 0.2) is 0 Å². The summed E-state index contributed by atoms with van der Waals surface area (Å²) in [4.78, 5) is 12.0. The molecule has 0 saturated carbocycles. The molecule has 1 N–H and O–H groups in total. The van der Waals surface area contributed by atoms with Gasteiger partial charge in [-0.1, -0.05) is 48.0 Å². The van der Waals surface area contributed by atoms with E-state index in [0.29, 0.717) is 10.8 Å². The number of methoxy groups -OCH3 is 2. The standard InChI is InChI=1S/C17H18ClNO3/c1-21-11-16(20)19-17(12-7-3-5-9-14(12)18)13-8-4-6-10-15(13)22-2/h3-10,17H,11H2,1-2H3,(H,19,20). The minimum atomic E-state index is -0.410. The molecule has 0 bridgehead atoms. The number of ether oxygens (including phenoxy) is 2. The molecule has 1 atom stereocenters. The molecule has 4 nitrogen and oxygen atoms in total. The van der Waals surface area contributed by atoms with Gasteiger partial charge in [-0.15, -0.1) is 0 Å². The Morgan fingerprint density at radius 2 is 1.73 bits per heavy atom. The Balaban J connectivity index is 2.46. The van der Waals surface area contributed by atoms with E-state index >= 15 is 0 Å². The van der Waals surface area contributed by atoms with Crippen molar-refractivity contribution in [1.82, 2.24) is 5.32 Å². The molecule has 2 aromatic rings. The Hall–Kier alpha value is -2.04. The quantitative estimate of drug-likeness (QED) is 0.889. The van der Waals surface area contributed by atoms with E-state index in [1.54, 1.807) is 13.2 Å². The zero-order chi connectivity index (χ0) is 15.9. The second-order valence-electron chi connectivity index (χ2n) is 4.70. The lowest BCUT2D eigenvalue weighted by atomic mass is 9.97. The van der Waals surface area contributed by atoms with Crippen LogP contribution in [0.15, 0.2) is 48.5 Å². The number of para-hydroxylation sites is 1. The first-order chi connectivity index (χ1) is 10.7. The molecule has 1 unspecified atom stereocenters. The number of amides is 1. The number of carbonyl (C=O) groups is 1. The van der Waals surface area contributed by atoms with Crippen LogP contribution in [0.3, 0.4) is 0 Å². The highest BCUT2D eigenvalue weighted by Crippen LogP contribution is 2.33. The number of hydrogen-bond acceptors (Lipinski definition) is 3. The van der Waals surface area contributed by atoms with Gasteiger partial charge in [-0.3, -0.25) is 4.79 Å². The van der Waals surface area contributed by atoms with Crippen LogP contribution in [0.25, 0.3) is 0 Å². The Bertz CT molecular complexity index is 645. The summed E-state index contributed by atoms with van der Waals surface area (Å²) in [7, 11) is 3.08. The van der Waals surface area contributed by atoms with E-state index in [0.717, 1.165) is 11.1 Å². The molecule has 0 aliphatic heterocycles. The first kappa shape index (κ1) is 16.3. The van der Waals surface area contributed by atoms with Gasteiger partial charge in [0, 0.05) is 17.7 Å². The van der Waals surface area contributed by atoms with E-state index in [9.17, 15) is 4.79 Å². The number of halogens is 1. The monoisotopic (exact) mass is 319 g/mol. The van der Waals surface area contributed by atoms with Crippen molar-refractivity contribution < 1.29 is 14.3 Å². The van der Waals surface area contributed by atoms with Crippen LogP contribution in [0.1, 0.15) is 17.2 Å². The third kappa shape index (κ3) is 3.78. The number of rotatable bonds is 6. The van der Waals surface area contributed by atoms with Gasteiger partial charge in [-0.25, -0.2) is 0 Å². The van der Waals surface area contributed by atoms with Crippen LogP contribution in [0.4, 0.5) is 0 Å². The van der Waals surface area contributed by atoms with E-state index in [-0.39, 0.29) is 12.5 Å². The molecule has 2 rings (SSSR count). The molecule has 0 heterocycles. The summed E-state index contributed by atoms with van der Waals surface area (Å²) in [5, 5.41) is 3.52. The second-order valence-corrected chi connectivity index (χ2v) is 5.10. The normalized spacial score (nSPS) is 11.8. The summed E-state index contributed by atoms with van der Waals surface area (Å²) in [6, 6.07) is 14.5. The topological polar surface area (TPSA) is 47.6 Å². The molecular formula is C17H18ClNO3. The summed E-state index contributed by atoms with van der Waals surface area (Å²) in [5.74, 6) is 0.462. The zero-order valence-electron chi connectivity index (χ0n) is 12.5. The predicted molar refractivity (Wildman–Crippen MR) is 86.3 cm³/mol. The van der Waals surface area contributed by atoms with Gasteiger partial charge in [-0.05, 0) is 17.7 Å². The van der Waals surface area contributed by atoms with E-state index in [1.165, 1.54) is 7.11 Å². The SMILES string of the molecule is COCC(=O)NC(c1ccccc1Cl)c1ccccc1OC. The maximum Gasteiger partial charge on any atom is 0.246 e. The smallest absolute Gasteiger partial charge is 0.246 e. The largest absolute Gasteiger partial charge is 0.496 e. The summed E-state index contributed by atoms with van der Waals surface area (Å²) in [6.07, 6.45) is 0. The highest BCUT2D eigenvalue weighted by molar-refractivity contribution is 6.31. The highest BCUT2D eigenvalue weighted by Gasteiger charge is 2.22. The van der Waals surface area contributed by atoms with Crippen molar-refractivity contribution in [3.8, 4) is 5.75 Å². The van der Waals surface area contributed by atoms with Gasteiger partial charge < -0.3 is 14.8 Å². The molecule has 0 aliphatic carbocycles. The number of hydrogen-bond donors (Lipinski definition) is 1. The molecule has 0 fully saturated rings. The Kier molecular flexibility index (Phi) is 5.81. The molecule has 0 spiro atoms. The highest BCUT2D eigenvalue weighted by atomic mass is 35.5. The third-order valence-corrected chi connectivity index (χ3v) is 3.59. The first-order valence-electron chi connectivity index (χ1n) is 6.83. The molecular weight excluding hydrogens is 302 g/mol. The number of benzene rings is 2. The molecule has 22 heavy (non-hydrogen) atoms. The van der Waals surface area contributed by atoms with Gasteiger partial charge in [0.05, 0.1) is 13.2 Å². The Morgan fingerprint density at radius 1 is 1.09 bits per heavy atom. The number of nitrogens with one attached hydrogen (secondary N) is 1. The van der Waals surface area contributed by atoms with Crippen molar-refractivity contribution in [1.29, 1.82) is 0 Å². The van der Waals surface area contributed by atoms with Crippen molar-refractivity contribution >= 4 is 17.5 Å². The molecule has 5 heteroatoms. The van der Waals surface area contributed by atoms with Crippen LogP contribution in [-0.2, 0) is 9.53 Å². The molecule has 0 saturated heterocycles. The Labute approximate surface area is 135 Å².